The zero-order valence-corrected chi connectivity index (χ0v) is 11.9. The molecule has 0 aliphatic carbocycles. The average molecular weight is 279 g/mol. The van der Waals surface area contributed by atoms with E-state index in [0.29, 0.717) is 24.0 Å². The summed E-state index contributed by atoms with van der Waals surface area (Å²) in [7, 11) is 0. The van der Waals surface area contributed by atoms with Gasteiger partial charge < -0.3 is 15.2 Å². The first-order valence-corrected chi connectivity index (χ1v) is 6.99. The highest BCUT2D eigenvalue weighted by Gasteiger charge is 2.18. The molecule has 110 valence electrons. The van der Waals surface area contributed by atoms with Crippen molar-refractivity contribution in [2.45, 2.75) is 32.6 Å². The van der Waals surface area contributed by atoms with Crippen LogP contribution in [0.1, 0.15) is 48.9 Å². The minimum atomic E-state index is -1.03. The van der Waals surface area contributed by atoms with E-state index in [1.165, 1.54) is 0 Å². The monoisotopic (exact) mass is 279 g/mol. The summed E-state index contributed by atoms with van der Waals surface area (Å²) in [5.74, 6) is 0.0368. The van der Waals surface area contributed by atoms with Gasteiger partial charge in [0, 0.05) is 19.1 Å². The molecule has 0 bridgehead atoms. The Bertz CT molecular complexity index is 471. The molecule has 0 radical (unpaired) electrons. The first-order valence-electron chi connectivity index (χ1n) is 6.99. The third kappa shape index (κ3) is 3.66. The number of rotatable bonds is 5. The molecular weight excluding hydrogens is 258 g/mol. The van der Waals surface area contributed by atoms with Crippen LogP contribution in [-0.2, 0) is 4.74 Å². The summed E-state index contributed by atoms with van der Waals surface area (Å²) >= 11 is 0. The van der Waals surface area contributed by atoms with Gasteiger partial charge in [0.2, 0.25) is 0 Å². The van der Waals surface area contributed by atoms with Crippen LogP contribution in [0.3, 0.4) is 0 Å². The second-order valence-electron chi connectivity index (χ2n) is 5.41. The number of anilines is 1. The van der Waals surface area contributed by atoms with E-state index in [1.807, 2.05) is 13.8 Å². The molecule has 1 fully saturated rings. The Morgan fingerprint density at radius 3 is 3.00 bits per heavy atom. The van der Waals surface area contributed by atoms with E-state index in [0.717, 1.165) is 26.1 Å². The van der Waals surface area contributed by atoms with E-state index < -0.39 is 5.97 Å². The minimum absolute atomic E-state index is 0.0421. The number of nitrogens with one attached hydrogen (secondary N) is 1. The summed E-state index contributed by atoms with van der Waals surface area (Å²) in [5.41, 5.74) is 0.521. The third-order valence-electron chi connectivity index (χ3n) is 3.36. The fourth-order valence-electron chi connectivity index (χ4n) is 2.19. The van der Waals surface area contributed by atoms with E-state index in [1.54, 1.807) is 6.20 Å². The predicted molar refractivity (Wildman–Crippen MR) is 75.1 cm³/mol. The third-order valence-corrected chi connectivity index (χ3v) is 3.36. The summed E-state index contributed by atoms with van der Waals surface area (Å²) in [6.07, 6.45) is 3.72. The number of carboxylic acid groups (broad SMARTS) is 1. The smallest absolute Gasteiger partial charge is 0.356 e. The lowest BCUT2D eigenvalue weighted by atomic mass is 10.0. The van der Waals surface area contributed by atoms with Gasteiger partial charge in [-0.15, -0.1) is 0 Å². The highest BCUT2D eigenvalue weighted by Crippen LogP contribution is 2.19. The maximum absolute atomic E-state index is 11.3. The lowest BCUT2D eigenvalue weighted by Crippen LogP contribution is -2.25. The van der Waals surface area contributed by atoms with Crippen LogP contribution in [0.25, 0.3) is 0 Å². The van der Waals surface area contributed by atoms with Crippen molar-refractivity contribution in [3.63, 3.8) is 0 Å². The second-order valence-corrected chi connectivity index (χ2v) is 5.41. The highest BCUT2D eigenvalue weighted by atomic mass is 16.5. The van der Waals surface area contributed by atoms with Crippen LogP contribution in [0.15, 0.2) is 6.20 Å². The molecule has 2 heterocycles. The van der Waals surface area contributed by atoms with Crippen molar-refractivity contribution >= 4 is 11.7 Å². The molecular formula is C14H21N3O3. The Morgan fingerprint density at radius 1 is 1.60 bits per heavy atom. The first-order chi connectivity index (χ1) is 9.58. The Kier molecular flexibility index (Phi) is 4.89. The molecule has 2 N–H and O–H groups in total. The van der Waals surface area contributed by atoms with Gasteiger partial charge >= 0.3 is 5.97 Å². The van der Waals surface area contributed by atoms with E-state index in [-0.39, 0.29) is 11.6 Å². The lowest BCUT2D eigenvalue weighted by molar-refractivity contribution is 0.0594. The predicted octanol–water partition coefficient (Wildman–Crippen LogP) is 2.14. The zero-order valence-electron chi connectivity index (χ0n) is 11.9. The molecule has 6 nitrogen and oxygen atoms in total. The Morgan fingerprint density at radius 2 is 2.40 bits per heavy atom. The number of aromatic nitrogens is 2. The average Bonchev–Trinajstić information content (AvgIpc) is 2.45. The number of ether oxygens (including phenoxy) is 1. The number of carboxylic acids is 1. The second kappa shape index (κ2) is 6.65. The van der Waals surface area contributed by atoms with Crippen LogP contribution >= 0.6 is 0 Å². The molecule has 20 heavy (non-hydrogen) atoms. The van der Waals surface area contributed by atoms with Gasteiger partial charge in [0.15, 0.2) is 5.69 Å². The Labute approximate surface area is 118 Å². The number of hydrogen-bond acceptors (Lipinski definition) is 5. The molecule has 0 saturated carbocycles. The fraction of sp³-hybridized carbons (Fsp3) is 0.643. The van der Waals surface area contributed by atoms with Crippen LogP contribution in [0.5, 0.6) is 0 Å². The minimum Gasteiger partial charge on any atom is -0.476 e. The van der Waals surface area contributed by atoms with Gasteiger partial charge in [-0.2, -0.15) is 0 Å². The van der Waals surface area contributed by atoms with Gasteiger partial charge in [-0.05, 0) is 18.8 Å². The number of hydrogen-bond donors (Lipinski definition) is 2. The van der Waals surface area contributed by atoms with Gasteiger partial charge in [0.1, 0.15) is 5.82 Å². The summed E-state index contributed by atoms with van der Waals surface area (Å²) < 4.78 is 5.41. The van der Waals surface area contributed by atoms with Gasteiger partial charge in [-0.3, -0.25) is 0 Å². The number of nitrogens with zero attached hydrogens (tertiary/aromatic N) is 2. The summed E-state index contributed by atoms with van der Waals surface area (Å²) in [6.45, 7) is 6.11. The maximum Gasteiger partial charge on any atom is 0.356 e. The normalized spacial score (nSPS) is 19.1. The molecule has 1 aliphatic heterocycles. The quantitative estimate of drug-likeness (QED) is 0.859. The molecule has 1 atom stereocenters. The zero-order chi connectivity index (χ0) is 14.5. The standard InChI is InChI=1S/C14H21N3O3/c1-9(2)13-16-7-11(12(17-13)14(18)19)15-6-10-4-3-5-20-8-10/h7,9-10,15H,3-6,8H2,1-2H3,(H,18,19). The Balaban J connectivity index is 2.07. The van der Waals surface area contributed by atoms with Gasteiger partial charge in [0.25, 0.3) is 0 Å². The van der Waals surface area contributed by atoms with Crippen molar-refractivity contribution in [2.24, 2.45) is 5.92 Å². The summed E-state index contributed by atoms with van der Waals surface area (Å²) in [6, 6.07) is 0. The SMILES string of the molecule is CC(C)c1ncc(NCC2CCCOC2)c(C(=O)O)n1. The van der Waals surface area contributed by atoms with Gasteiger partial charge in [0.05, 0.1) is 18.5 Å². The van der Waals surface area contributed by atoms with Gasteiger partial charge in [-0.25, -0.2) is 14.8 Å². The molecule has 1 aromatic heterocycles. The molecule has 1 saturated heterocycles. The van der Waals surface area contributed by atoms with Crippen LogP contribution < -0.4 is 5.32 Å². The molecule has 1 aromatic rings. The molecule has 2 rings (SSSR count). The lowest BCUT2D eigenvalue weighted by Gasteiger charge is -2.23. The van der Waals surface area contributed by atoms with Crippen molar-refractivity contribution in [1.29, 1.82) is 0 Å². The molecule has 0 spiro atoms. The molecule has 1 unspecified atom stereocenters. The topological polar surface area (TPSA) is 84.3 Å². The summed E-state index contributed by atoms with van der Waals surface area (Å²) in [4.78, 5) is 19.6. The van der Waals surface area contributed by atoms with E-state index in [9.17, 15) is 9.90 Å². The summed E-state index contributed by atoms with van der Waals surface area (Å²) in [5, 5.41) is 12.4. The molecule has 0 amide bonds. The molecule has 6 heteroatoms. The first kappa shape index (κ1) is 14.7. The number of carbonyl (C=O) groups is 1. The number of aromatic carboxylic acids is 1. The Hall–Kier alpha value is -1.69. The van der Waals surface area contributed by atoms with Crippen molar-refractivity contribution in [3.05, 3.63) is 17.7 Å². The maximum atomic E-state index is 11.3. The van der Waals surface area contributed by atoms with Crippen LogP contribution in [0.2, 0.25) is 0 Å². The molecule has 0 aromatic carbocycles. The van der Waals surface area contributed by atoms with E-state index >= 15 is 0 Å². The van der Waals surface area contributed by atoms with Crippen LogP contribution in [0.4, 0.5) is 5.69 Å². The van der Waals surface area contributed by atoms with Crippen molar-refractivity contribution in [1.82, 2.24) is 9.97 Å². The van der Waals surface area contributed by atoms with Crippen molar-refractivity contribution < 1.29 is 14.6 Å². The molecule has 1 aliphatic rings. The van der Waals surface area contributed by atoms with Crippen LogP contribution in [0, 0.1) is 5.92 Å². The largest absolute Gasteiger partial charge is 0.476 e. The highest BCUT2D eigenvalue weighted by molar-refractivity contribution is 5.91. The van der Waals surface area contributed by atoms with Crippen molar-refractivity contribution in [2.75, 3.05) is 25.1 Å². The van der Waals surface area contributed by atoms with Crippen LogP contribution in [-0.4, -0.2) is 40.8 Å². The van der Waals surface area contributed by atoms with Gasteiger partial charge in [-0.1, -0.05) is 13.8 Å². The van der Waals surface area contributed by atoms with E-state index in [4.69, 9.17) is 4.74 Å². The van der Waals surface area contributed by atoms with Crippen molar-refractivity contribution in [3.8, 4) is 0 Å². The van der Waals surface area contributed by atoms with E-state index in [2.05, 4.69) is 15.3 Å². The fourth-order valence-corrected chi connectivity index (χ4v) is 2.19.